The number of hydrogen-bond acceptors (Lipinski definition) is 3. The van der Waals surface area contributed by atoms with E-state index in [1.807, 2.05) is 91.0 Å². The SMILES string of the molecule is FC1(F)c2ccc(-c3nc(-c4ccccc4)nc(-c4ccccc4)n3)cc2-c2cc(-n3c4ccccc4c4ccccc43)ccc21. The Bertz CT molecular complexity index is 2340. The van der Waals surface area contributed by atoms with Crippen LogP contribution in [0.25, 0.3) is 72.8 Å². The largest absolute Gasteiger partial charge is 0.309 e. The fraction of sp³-hybridized carbons (Fsp3) is 0.0250. The Morgan fingerprint density at radius 1 is 0.435 bits per heavy atom. The van der Waals surface area contributed by atoms with E-state index in [-0.39, 0.29) is 11.1 Å². The van der Waals surface area contributed by atoms with E-state index >= 15 is 8.78 Å². The number of rotatable bonds is 4. The van der Waals surface area contributed by atoms with Crippen LogP contribution in [-0.4, -0.2) is 19.5 Å². The molecule has 0 spiro atoms. The molecular formula is C40H24F2N4. The number of fused-ring (bicyclic) bond motifs is 6. The van der Waals surface area contributed by atoms with Crippen molar-refractivity contribution in [1.29, 1.82) is 0 Å². The van der Waals surface area contributed by atoms with Crippen LogP contribution in [0.3, 0.4) is 0 Å². The van der Waals surface area contributed by atoms with Gasteiger partial charge < -0.3 is 4.57 Å². The van der Waals surface area contributed by atoms with Gasteiger partial charge in [-0.3, -0.25) is 0 Å². The molecule has 0 fully saturated rings. The van der Waals surface area contributed by atoms with Crippen molar-refractivity contribution in [2.24, 2.45) is 0 Å². The predicted molar refractivity (Wildman–Crippen MR) is 179 cm³/mol. The molecule has 0 atom stereocenters. The molecular weight excluding hydrogens is 574 g/mol. The van der Waals surface area contributed by atoms with E-state index in [4.69, 9.17) is 15.0 Å². The fourth-order valence-electron chi connectivity index (χ4n) is 6.63. The molecule has 4 nitrogen and oxygen atoms in total. The zero-order valence-corrected chi connectivity index (χ0v) is 24.4. The Labute approximate surface area is 263 Å². The average Bonchev–Trinajstić information content (AvgIpc) is 3.57. The molecule has 0 unspecified atom stereocenters. The summed E-state index contributed by atoms with van der Waals surface area (Å²) in [6.07, 6.45) is 0. The third-order valence-electron chi connectivity index (χ3n) is 8.79. The van der Waals surface area contributed by atoms with Crippen LogP contribution < -0.4 is 0 Å². The maximum atomic E-state index is 16.0. The van der Waals surface area contributed by atoms with Crippen molar-refractivity contribution in [1.82, 2.24) is 19.5 Å². The zero-order chi connectivity index (χ0) is 30.8. The van der Waals surface area contributed by atoms with Crippen LogP contribution in [0.5, 0.6) is 0 Å². The topological polar surface area (TPSA) is 43.6 Å². The van der Waals surface area contributed by atoms with Gasteiger partial charge in [0, 0.05) is 44.3 Å². The summed E-state index contributed by atoms with van der Waals surface area (Å²) in [5.41, 5.74) is 6.15. The smallest absolute Gasteiger partial charge is 0.299 e. The molecule has 0 saturated heterocycles. The van der Waals surface area contributed by atoms with E-state index in [1.165, 1.54) is 6.07 Å². The summed E-state index contributed by atoms with van der Waals surface area (Å²) in [7, 11) is 0. The quantitative estimate of drug-likeness (QED) is 0.202. The van der Waals surface area contributed by atoms with Gasteiger partial charge in [-0.1, -0.05) is 109 Å². The standard InChI is InChI=1S/C40H24F2N4/c41-40(42)33-21-19-27(39-44-37(25-11-3-1-4-12-25)43-38(45-39)26-13-5-2-6-14-26)23-31(33)32-24-28(20-22-34(32)40)46-35-17-9-7-15-29(35)30-16-8-10-18-36(30)46/h1-24H. The average molecular weight is 599 g/mol. The van der Waals surface area contributed by atoms with E-state index in [0.29, 0.717) is 34.2 Å². The van der Waals surface area contributed by atoms with Crippen LogP contribution >= 0.6 is 0 Å². The number of nitrogens with zero attached hydrogens (tertiary/aromatic N) is 4. The molecule has 9 rings (SSSR count). The lowest BCUT2D eigenvalue weighted by molar-refractivity contribution is 0.0480. The first-order valence-electron chi connectivity index (χ1n) is 15.1. The lowest BCUT2D eigenvalue weighted by atomic mass is 10.0. The van der Waals surface area contributed by atoms with Gasteiger partial charge in [-0.2, -0.15) is 8.78 Å². The van der Waals surface area contributed by atoms with Gasteiger partial charge >= 0.3 is 0 Å². The predicted octanol–water partition coefficient (Wildman–Crippen LogP) is 10.1. The molecule has 0 radical (unpaired) electrons. The molecule has 8 aromatic rings. The molecule has 46 heavy (non-hydrogen) atoms. The summed E-state index contributed by atoms with van der Waals surface area (Å²) in [4.78, 5) is 14.4. The van der Waals surface area contributed by atoms with E-state index in [9.17, 15) is 0 Å². The summed E-state index contributed by atoms with van der Waals surface area (Å²) in [6, 6.07) is 46.0. The van der Waals surface area contributed by atoms with Crippen LogP contribution in [0.4, 0.5) is 8.78 Å². The van der Waals surface area contributed by atoms with Crippen molar-refractivity contribution >= 4 is 21.8 Å². The van der Waals surface area contributed by atoms with E-state index in [2.05, 4.69) is 28.8 Å². The molecule has 2 aromatic heterocycles. The van der Waals surface area contributed by atoms with Gasteiger partial charge in [0.2, 0.25) is 0 Å². The monoisotopic (exact) mass is 598 g/mol. The van der Waals surface area contributed by atoms with E-state index in [0.717, 1.165) is 38.6 Å². The number of para-hydroxylation sites is 2. The van der Waals surface area contributed by atoms with E-state index < -0.39 is 5.92 Å². The normalized spacial score (nSPS) is 13.2. The Morgan fingerprint density at radius 2 is 0.891 bits per heavy atom. The van der Waals surface area contributed by atoms with Crippen molar-refractivity contribution in [2.45, 2.75) is 5.92 Å². The van der Waals surface area contributed by atoms with Crippen molar-refractivity contribution in [3.8, 4) is 51.0 Å². The maximum Gasteiger partial charge on any atom is 0.299 e. The molecule has 0 N–H and O–H groups in total. The Hall–Kier alpha value is -6.01. The molecule has 6 aromatic carbocycles. The minimum absolute atomic E-state index is 0.00485. The van der Waals surface area contributed by atoms with Crippen molar-refractivity contribution in [2.75, 3.05) is 0 Å². The third-order valence-corrected chi connectivity index (χ3v) is 8.79. The number of hydrogen-bond donors (Lipinski definition) is 0. The van der Waals surface area contributed by atoms with Gasteiger partial charge in [-0.15, -0.1) is 0 Å². The molecule has 0 saturated carbocycles. The number of benzene rings is 6. The summed E-state index contributed by atoms with van der Waals surface area (Å²) in [6.45, 7) is 0. The van der Waals surface area contributed by atoms with Gasteiger partial charge in [0.05, 0.1) is 11.0 Å². The minimum Gasteiger partial charge on any atom is -0.309 e. The van der Waals surface area contributed by atoms with Gasteiger partial charge in [0.25, 0.3) is 5.92 Å². The highest BCUT2D eigenvalue weighted by molar-refractivity contribution is 6.09. The highest BCUT2D eigenvalue weighted by atomic mass is 19.3. The zero-order valence-electron chi connectivity index (χ0n) is 24.4. The molecule has 2 heterocycles. The Morgan fingerprint density at radius 3 is 1.46 bits per heavy atom. The van der Waals surface area contributed by atoms with Crippen LogP contribution in [0.2, 0.25) is 0 Å². The summed E-state index contributed by atoms with van der Waals surface area (Å²) in [5, 5.41) is 2.23. The fourth-order valence-corrected chi connectivity index (χ4v) is 6.63. The minimum atomic E-state index is -3.13. The van der Waals surface area contributed by atoms with Gasteiger partial charge in [0.1, 0.15) is 0 Å². The van der Waals surface area contributed by atoms with Gasteiger partial charge in [-0.05, 0) is 47.5 Å². The summed E-state index contributed by atoms with van der Waals surface area (Å²) < 4.78 is 34.1. The first-order valence-corrected chi connectivity index (χ1v) is 15.1. The van der Waals surface area contributed by atoms with Crippen LogP contribution in [0, 0.1) is 0 Å². The summed E-state index contributed by atoms with van der Waals surface area (Å²) in [5.74, 6) is -1.68. The first kappa shape index (κ1) is 26.4. The van der Waals surface area contributed by atoms with Crippen molar-refractivity contribution in [3.63, 3.8) is 0 Å². The first-order chi connectivity index (χ1) is 22.6. The molecule has 0 aliphatic heterocycles. The Balaban J connectivity index is 1.23. The van der Waals surface area contributed by atoms with Crippen LogP contribution in [-0.2, 0) is 5.92 Å². The molecule has 218 valence electrons. The highest BCUT2D eigenvalue weighted by Gasteiger charge is 2.44. The molecule has 0 amide bonds. The summed E-state index contributed by atoms with van der Waals surface area (Å²) >= 11 is 0. The lowest BCUT2D eigenvalue weighted by Gasteiger charge is -2.13. The number of aromatic nitrogens is 4. The van der Waals surface area contributed by atoms with Crippen molar-refractivity contribution in [3.05, 3.63) is 157 Å². The molecule has 0 bridgehead atoms. The lowest BCUT2D eigenvalue weighted by Crippen LogP contribution is -2.11. The Kier molecular flexibility index (Phi) is 5.74. The maximum absolute atomic E-state index is 16.0. The second-order valence-electron chi connectivity index (χ2n) is 11.5. The number of halogens is 2. The van der Waals surface area contributed by atoms with Crippen LogP contribution in [0.1, 0.15) is 11.1 Å². The molecule has 1 aliphatic rings. The number of alkyl halides is 2. The molecule has 1 aliphatic carbocycles. The molecule has 6 heteroatoms. The van der Waals surface area contributed by atoms with Crippen LogP contribution in [0.15, 0.2) is 146 Å². The third kappa shape index (κ3) is 4.00. The van der Waals surface area contributed by atoms with Gasteiger partial charge in [-0.25, -0.2) is 15.0 Å². The second kappa shape index (κ2) is 10.0. The highest BCUT2D eigenvalue weighted by Crippen LogP contribution is 2.52. The van der Waals surface area contributed by atoms with Crippen molar-refractivity contribution < 1.29 is 8.78 Å². The van der Waals surface area contributed by atoms with E-state index in [1.54, 1.807) is 24.3 Å². The van der Waals surface area contributed by atoms with Gasteiger partial charge in [0.15, 0.2) is 17.5 Å². The second-order valence-corrected chi connectivity index (χ2v) is 11.5.